The number of carbonyl (C=O) groups excluding carboxylic acids is 1. The maximum atomic E-state index is 13.7. The van der Waals surface area contributed by atoms with Gasteiger partial charge in [-0.3, -0.25) is 4.79 Å². The number of halogens is 2. The monoisotopic (exact) mass is 342 g/mol. The van der Waals surface area contributed by atoms with E-state index in [-0.39, 0.29) is 10.6 Å². The van der Waals surface area contributed by atoms with Crippen molar-refractivity contribution in [1.29, 1.82) is 0 Å². The van der Waals surface area contributed by atoms with Gasteiger partial charge in [0.25, 0.3) is 5.91 Å². The fraction of sp³-hybridized carbons (Fsp3) is 0. The normalized spacial score (nSPS) is 10.2. The van der Waals surface area contributed by atoms with Crippen molar-refractivity contribution in [2.24, 2.45) is 0 Å². The van der Waals surface area contributed by atoms with E-state index in [1.807, 2.05) is 0 Å². The van der Waals surface area contributed by atoms with Gasteiger partial charge in [0, 0.05) is 23.8 Å². The van der Waals surface area contributed by atoms with E-state index in [2.05, 4.69) is 20.6 Å². The quantitative estimate of drug-likeness (QED) is 0.743. The third-order valence-corrected chi connectivity index (χ3v) is 3.47. The lowest BCUT2D eigenvalue weighted by molar-refractivity contribution is 0.102. The third-order valence-electron chi connectivity index (χ3n) is 3.15. The Morgan fingerprint density at radius 1 is 0.958 bits per heavy atom. The van der Waals surface area contributed by atoms with Crippen LogP contribution in [0.1, 0.15) is 10.4 Å². The second-order valence-corrected chi connectivity index (χ2v) is 5.23. The van der Waals surface area contributed by atoms with Crippen LogP contribution in [0.4, 0.5) is 21.7 Å². The molecule has 0 atom stereocenters. The first-order valence-corrected chi connectivity index (χ1v) is 7.41. The van der Waals surface area contributed by atoms with Crippen LogP contribution in [-0.2, 0) is 0 Å². The topological polar surface area (TPSA) is 66.9 Å². The number of amides is 1. The highest BCUT2D eigenvalue weighted by Crippen LogP contribution is 2.21. The van der Waals surface area contributed by atoms with E-state index in [4.69, 9.17) is 11.6 Å². The van der Waals surface area contributed by atoms with Crippen LogP contribution in [0.2, 0.25) is 5.02 Å². The van der Waals surface area contributed by atoms with Crippen LogP contribution in [0.5, 0.6) is 0 Å². The molecule has 5 nitrogen and oxygen atoms in total. The summed E-state index contributed by atoms with van der Waals surface area (Å²) in [6.45, 7) is 0. The van der Waals surface area contributed by atoms with Crippen LogP contribution in [0.15, 0.2) is 60.9 Å². The SMILES string of the molecule is O=C(Nc1ccc(Nc2ncccn2)cc1)c1c(F)cccc1Cl. The molecule has 0 saturated heterocycles. The molecule has 0 bridgehead atoms. The fourth-order valence-electron chi connectivity index (χ4n) is 2.04. The summed E-state index contributed by atoms with van der Waals surface area (Å²) in [4.78, 5) is 20.3. The molecule has 1 aromatic heterocycles. The molecule has 0 radical (unpaired) electrons. The highest BCUT2D eigenvalue weighted by Gasteiger charge is 2.15. The van der Waals surface area contributed by atoms with Gasteiger partial charge in [0.15, 0.2) is 0 Å². The minimum absolute atomic E-state index is 0.0620. The van der Waals surface area contributed by atoms with Crippen LogP contribution in [-0.4, -0.2) is 15.9 Å². The highest BCUT2D eigenvalue weighted by atomic mass is 35.5. The Bertz CT molecular complexity index is 836. The zero-order valence-corrected chi connectivity index (χ0v) is 13.1. The zero-order valence-electron chi connectivity index (χ0n) is 12.3. The van der Waals surface area contributed by atoms with Crippen molar-refractivity contribution in [2.75, 3.05) is 10.6 Å². The Hall–Kier alpha value is -2.99. The van der Waals surface area contributed by atoms with Gasteiger partial charge < -0.3 is 10.6 Å². The molecule has 0 saturated carbocycles. The lowest BCUT2D eigenvalue weighted by atomic mass is 10.2. The molecule has 0 aliphatic rings. The smallest absolute Gasteiger partial charge is 0.260 e. The van der Waals surface area contributed by atoms with E-state index in [1.165, 1.54) is 18.2 Å². The van der Waals surface area contributed by atoms with Crippen LogP contribution >= 0.6 is 11.6 Å². The number of carbonyl (C=O) groups is 1. The Balaban J connectivity index is 1.71. The number of nitrogens with zero attached hydrogens (tertiary/aromatic N) is 2. The van der Waals surface area contributed by atoms with Crippen LogP contribution in [0.25, 0.3) is 0 Å². The van der Waals surface area contributed by atoms with Crippen molar-refractivity contribution in [3.05, 3.63) is 77.3 Å². The molecule has 1 heterocycles. The van der Waals surface area contributed by atoms with Crippen LogP contribution < -0.4 is 10.6 Å². The van der Waals surface area contributed by atoms with Crippen molar-refractivity contribution < 1.29 is 9.18 Å². The molecule has 2 aromatic carbocycles. The molecule has 1 amide bonds. The van der Waals surface area contributed by atoms with Gasteiger partial charge in [-0.05, 0) is 42.5 Å². The molecular formula is C17H12ClFN4O. The predicted molar refractivity (Wildman–Crippen MR) is 91.1 cm³/mol. The molecule has 2 N–H and O–H groups in total. The molecule has 120 valence electrons. The lowest BCUT2D eigenvalue weighted by Gasteiger charge is -2.09. The second-order valence-electron chi connectivity index (χ2n) is 4.83. The summed E-state index contributed by atoms with van der Waals surface area (Å²) in [7, 11) is 0. The van der Waals surface area contributed by atoms with Crippen LogP contribution in [0, 0.1) is 5.82 Å². The van der Waals surface area contributed by atoms with Gasteiger partial charge in [-0.1, -0.05) is 17.7 Å². The third kappa shape index (κ3) is 3.67. The van der Waals surface area contributed by atoms with E-state index in [0.29, 0.717) is 11.6 Å². The maximum Gasteiger partial charge on any atom is 0.260 e. The van der Waals surface area contributed by atoms with Crippen molar-refractivity contribution in [3.63, 3.8) is 0 Å². The molecule has 0 spiro atoms. The van der Waals surface area contributed by atoms with Gasteiger partial charge in [0.05, 0.1) is 10.6 Å². The van der Waals surface area contributed by atoms with Gasteiger partial charge in [-0.15, -0.1) is 0 Å². The molecule has 0 aliphatic carbocycles. The summed E-state index contributed by atoms with van der Waals surface area (Å²) in [6.07, 6.45) is 3.25. The number of hydrogen-bond acceptors (Lipinski definition) is 4. The van der Waals surface area contributed by atoms with E-state index < -0.39 is 11.7 Å². The summed E-state index contributed by atoms with van der Waals surface area (Å²) in [5.41, 5.74) is 1.08. The summed E-state index contributed by atoms with van der Waals surface area (Å²) in [6, 6.07) is 12.7. The minimum atomic E-state index is -0.667. The largest absolute Gasteiger partial charge is 0.324 e. The van der Waals surface area contributed by atoms with E-state index in [9.17, 15) is 9.18 Å². The van der Waals surface area contributed by atoms with E-state index in [0.717, 1.165) is 5.69 Å². The Morgan fingerprint density at radius 3 is 2.29 bits per heavy atom. The Kier molecular flexibility index (Phi) is 4.67. The molecule has 0 aliphatic heterocycles. The van der Waals surface area contributed by atoms with Crippen LogP contribution in [0.3, 0.4) is 0 Å². The molecule has 0 unspecified atom stereocenters. The van der Waals surface area contributed by atoms with E-state index >= 15 is 0 Å². The van der Waals surface area contributed by atoms with Crippen molar-refractivity contribution in [1.82, 2.24) is 9.97 Å². The first-order valence-electron chi connectivity index (χ1n) is 7.03. The van der Waals surface area contributed by atoms with Gasteiger partial charge in [-0.2, -0.15) is 0 Å². The maximum absolute atomic E-state index is 13.7. The molecule has 3 aromatic rings. The number of rotatable bonds is 4. The average molecular weight is 343 g/mol. The average Bonchev–Trinajstić information content (AvgIpc) is 2.57. The van der Waals surface area contributed by atoms with Gasteiger partial charge in [0.1, 0.15) is 5.82 Å². The summed E-state index contributed by atoms with van der Waals surface area (Å²) in [5.74, 6) is -0.808. The van der Waals surface area contributed by atoms with Crippen molar-refractivity contribution in [2.45, 2.75) is 0 Å². The predicted octanol–water partition coefficient (Wildman–Crippen LogP) is 4.27. The van der Waals surface area contributed by atoms with Gasteiger partial charge >= 0.3 is 0 Å². The molecule has 24 heavy (non-hydrogen) atoms. The number of nitrogens with one attached hydrogen (secondary N) is 2. The number of benzene rings is 2. The summed E-state index contributed by atoms with van der Waals surface area (Å²) < 4.78 is 13.7. The summed E-state index contributed by atoms with van der Waals surface area (Å²) >= 11 is 5.88. The van der Waals surface area contributed by atoms with E-state index in [1.54, 1.807) is 42.7 Å². The minimum Gasteiger partial charge on any atom is -0.324 e. The lowest BCUT2D eigenvalue weighted by Crippen LogP contribution is -2.14. The first-order chi connectivity index (χ1) is 11.6. The second kappa shape index (κ2) is 7.06. The number of aromatic nitrogens is 2. The number of hydrogen-bond donors (Lipinski definition) is 2. The van der Waals surface area contributed by atoms with Crippen molar-refractivity contribution in [3.8, 4) is 0 Å². The summed E-state index contributed by atoms with van der Waals surface area (Å²) in [5, 5.41) is 5.69. The Morgan fingerprint density at radius 2 is 1.62 bits per heavy atom. The molecule has 7 heteroatoms. The highest BCUT2D eigenvalue weighted by molar-refractivity contribution is 6.34. The zero-order chi connectivity index (χ0) is 16.9. The van der Waals surface area contributed by atoms with Crippen molar-refractivity contribution >= 4 is 34.8 Å². The van der Waals surface area contributed by atoms with Gasteiger partial charge in [-0.25, -0.2) is 14.4 Å². The molecular weight excluding hydrogens is 331 g/mol. The fourth-order valence-corrected chi connectivity index (χ4v) is 2.29. The first kappa shape index (κ1) is 15.9. The molecule has 3 rings (SSSR count). The molecule has 0 fully saturated rings. The Labute approximate surface area is 142 Å². The number of anilines is 3. The standard InChI is InChI=1S/C17H12ClFN4O/c18-13-3-1-4-14(19)15(13)16(24)22-11-5-7-12(8-6-11)23-17-20-9-2-10-21-17/h1-10H,(H,22,24)(H,20,21,23). The van der Waals surface area contributed by atoms with Gasteiger partial charge in [0.2, 0.25) is 5.95 Å².